The fourth-order valence-electron chi connectivity index (χ4n) is 4.17. The molecule has 1 aliphatic heterocycles. The van der Waals surface area contributed by atoms with Crippen LogP contribution in [-0.4, -0.2) is 18.0 Å². The average molecular weight is 371 g/mol. The molecule has 1 amide bonds. The number of hydrogen-bond donors (Lipinski definition) is 1. The van der Waals surface area contributed by atoms with E-state index in [9.17, 15) is 9.59 Å². The van der Waals surface area contributed by atoms with Gasteiger partial charge in [-0.2, -0.15) is 0 Å². The van der Waals surface area contributed by atoms with E-state index < -0.39 is 0 Å². The molecule has 2 bridgehead atoms. The maximum absolute atomic E-state index is 12.6. The van der Waals surface area contributed by atoms with Crippen LogP contribution in [0.15, 0.2) is 22.7 Å². The monoisotopic (exact) mass is 369 g/mol. The highest BCUT2D eigenvalue weighted by atomic mass is 79.9. The van der Waals surface area contributed by atoms with Gasteiger partial charge in [-0.3, -0.25) is 9.59 Å². The van der Waals surface area contributed by atoms with E-state index in [0.717, 1.165) is 17.3 Å². The molecule has 21 heavy (non-hydrogen) atoms. The number of anilines is 1. The number of rotatable bonds is 2. The predicted molar refractivity (Wildman–Crippen MR) is 80.9 cm³/mol. The molecule has 0 unspecified atom stereocenters. The second-order valence-corrected chi connectivity index (χ2v) is 7.36. The van der Waals surface area contributed by atoms with E-state index in [2.05, 4.69) is 21.2 Å². The summed E-state index contributed by atoms with van der Waals surface area (Å²) in [5.41, 5.74) is 0.579. The van der Waals surface area contributed by atoms with Gasteiger partial charge in [-0.15, -0.1) is 0 Å². The molecule has 1 saturated heterocycles. The van der Waals surface area contributed by atoms with Gasteiger partial charge in [-0.25, -0.2) is 0 Å². The number of fused-ring (bicyclic) bond motifs is 1. The Morgan fingerprint density at radius 1 is 1.38 bits per heavy atom. The lowest BCUT2D eigenvalue weighted by molar-refractivity contribution is -0.145. The van der Waals surface area contributed by atoms with Crippen LogP contribution in [0.2, 0.25) is 5.02 Å². The molecular formula is C15H13BrClNO3. The van der Waals surface area contributed by atoms with Crippen molar-refractivity contribution in [1.29, 1.82) is 0 Å². The first-order valence-corrected chi connectivity index (χ1v) is 8.18. The van der Waals surface area contributed by atoms with E-state index >= 15 is 0 Å². The summed E-state index contributed by atoms with van der Waals surface area (Å²) in [5, 5.41) is 3.35. The lowest BCUT2D eigenvalue weighted by atomic mass is 9.79. The van der Waals surface area contributed by atoms with E-state index in [1.165, 1.54) is 0 Å². The van der Waals surface area contributed by atoms with Gasteiger partial charge < -0.3 is 10.1 Å². The number of ether oxygens (including phenoxy) is 1. The van der Waals surface area contributed by atoms with Crippen molar-refractivity contribution in [3.8, 4) is 0 Å². The Balaban J connectivity index is 1.57. The minimum atomic E-state index is -0.277. The van der Waals surface area contributed by atoms with Crippen molar-refractivity contribution in [2.24, 2.45) is 23.7 Å². The fourth-order valence-corrected chi connectivity index (χ4v) is 4.89. The molecule has 6 heteroatoms. The van der Waals surface area contributed by atoms with Gasteiger partial charge >= 0.3 is 5.97 Å². The Kier molecular flexibility index (Phi) is 3.05. The van der Waals surface area contributed by atoms with E-state index in [0.29, 0.717) is 10.7 Å². The highest BCUT2D eigenvalue weighted by Crippen LogP contribution is 2.57. The highest BCUT2D eigenvalue weighted by Gasteiger charge is 2.63. The molecule has 2 aliphatic carbocycles. The van der Waals surface area contributed by atoms with Crippen LogP contribution >= 0.6 is 27.5 Å². The zero-order valence-corrected chi connectivity index (χ0v) is 13.4. The molecule has 3 fully saturated rings. The fraction of sp³-hybridized carbons (Fsp3) is 0.467. The van der Waals surface area contributed by atoms with Gasteiger partial charge in [-0.1, -0.05) is 27.5 Å². The molecule has 0 aromatic heterocycles. The van der Waals surface area contributed by atoms with Crippen molar-refractivity contribution in [2.75, 3.05) is 5.32 Å². The quantitative estimate of drug-likeness (QED) is 0.813. The third-order valence-corrected chi connectivity index (χ3v) is 5.78. The summed E-state index contributed by atoms with van der Waals surface area (Å²) in [5.74, 6) is -0.366. The van der Waals surface area contributed by atoms with Gasteiger partial charge in [0.05, 0.1) is 22.5 Å². The van der Waals surface area contributed by atoms with Crippen molar-refractivity contribution in [1.82, 2.24) is 0 Å². The molecule has 1 aromatic rings. The molecular weight excluding hydrogens is 358 g/mol. The molecule has 1 heterocycles. The molecule has 4 rings (SSSR count). The largest absolute Gasteiger partial charge is 0.462 e. The van der Waals surface area contributed by atoms with Crippen molar-refractivity contribution < 1.29 is 14.3 Å². The number of esters is 1. The topological polar surface area (TPSA) is 55.4 Å². The maximum atomic E-state index is 12.6. The number of carbonyl (C=O) groups is 2. The first-order chi connectivity index (χ1) is 10.0. The lowest BCUT2D eigenvalue weighted by Crippen LogP contribution is -2.35. The summed E-state index contributed by atoms with van der Waals surface area (Å²) in [6, 6.07) is 5.31. The first-order valence-electron chi connectivity index (χ1n) is 7.01. The van der Waals surface area contributed by atoms with Crippen LogP contribution < -0.4 is 5.32 Å². The first kappa shape index (κ1) is 13.6. The second-order valence-electron chi connectivity index (χ2n) is 6.04. The van der Waals surface area contributed by atoms with Crippen LogP contribution in [0.5, 0.6) is 0 Å². The Labute approximate surface area is 135 Å². The van der Waals surface area contributed by atoms with E-state index in [4.69, 9.17) is 16.3 Å². The van der Waals surface area contributed by atoms with Gasteiger partial charge in [0.25, 0.3) is 0 Å². The molecule has 0 spiro atoms. The van der Waals surface area contributed by atoms with Crippen LogP contribution in [0.4, 0.5) is 5.69 Å². The summed E-state index contributed by atoms with van der Waals surface area (Å²) >= 11 is 9.46. The van der Waals surface area contributed by atoms with Crippen molar-refractivity contribution >= 4 is 45.1 Å². The molecule has 110 valence electrons. The van der Waals surface area contributed by atoms with Gasteiger partial charge in [0.2, 0.25) is 5.91 Å². The molecule has 1 N–H and O–H groups in total. The summed E-state index contributed by atoms with van der Waals surface area (Å²) in [6.45, 7) is 0. The van der Waals surface area contributed by atoms with Crippen molar-refractivity contribution in [3.05, 3.63) is 27.7 Å². The molecule has 4 nitrogen and oxygen atoms in total. The van der Waals surface area contributed by atoms with Crippen LogP contribution in [-0.2, 0) is 14.3 Å². The van der Waals surface area contributed by atoms with E-state index in [1.807, 2.05) is 6.07 Å². The maximum Gasteiger partial charge on any atom is 0.310 e. The minimum absolute atomic E-state index is 0.0489. The Bertz CT molecular complexity index is 648. The number of nitrogens with one attached hydrogen (secondary N) is 1. The minimum Gasteiger partial charge on any atom is -0.462 e. The van der Waals surface area contributed by atoms with Crippen LogP contribution in [0.1, 0.15) is 12.8 Å². The van der Waals surface area contributed by atoms with Crippen LogP contribution in [0, 0.1) is 23.7 Å². The van der Waals surface area contributed by atoms with Crippen LogP contribution in [0.25, 0.3) is 0 Å². The Hall–Kier alpha value is -1.07. The zero-order chi connectivity index (χ0) is 14.7. The third kappa shape index (κ3) is 2.01. The lowest BCUT2D eigenvalue weighted by Gasteiger charge is -2.23. The summed E-state index contributed by atoms with van der Waals surface area (Å²) < 4.78 is 6.21. The number of halogens is 2. The molecule has 2 saturated carbocycles. The summed E-state index contributed by atoms with van der Waals surface area (Å²) in [6.07, 6.45) is 1.79. The summed E-state index contributed by atoms with van der Waals surface area (Å²) in [4.78, 5) is 24.5. The van der Waals surface area contributed by atoms with E-state index in [-0.39, 0.29) is 41.7 Å². The van der Waals surface area contributed by atoms with Gasteiger partial charge in [-0.05, 0) is 37.0 Å². The zero-order valence-electron chi connectivity index (χ0n) is 11.0. The molecule has 0 radical (unpaired) electrons. The number of benzene rings is 1. The summed E-state index contributed by atoms with van der Waals surface area (Å²) in [7, 11) is 0. The average Bonchev–Trinajstić information content (AvgIpc) is 3.02. The van der Waals surface area contributed by atoms with Gasteiger partial charge in [0.1, 0.15) is 6.10 Å². The smallest absolute Gasteiger partial charge is 0.310 e. The molecule has 3 aliphatic rings. The standard InChI is InChI=1S/C15H13BrClNO3/c16-7-1-2-10(9(17)5-7)18-14(19)12-6-3-8-11(4-6)21-15(20)13(8)12/h1-2,5-6,8,11-13H,3-4H2,(H,18,19)/t6-,8-,11-,12+,13+/m1/s1. The third-order valence-electron chi connectivity index (χ3n) is 4.97. The molecule has 1 aromatic carbocycles. The van der Waals surface area contributed by atoms with Crippen molar-refractivity contribution in [3.63, 3.8) is 0 Å². The Morgan fingerprint density at radius 2 is 2.19 bits per heavy atom. The normalized spacial score (nSPS) is 35.9. The van der Waals surface area contributed by atoms with Gasteiger partial charge in [0, 0.05) is 10.4 Å². The molecule has 5 atom stereocenters. The van der Waals surface area contributed by atoms with Gasteiger partial charge in [0.15, 0.2) is 0 Å². The second kappa shape index (κ2) is 4.71. The predicted octanol–water partition coefficient (Wildman–Crippen LogP) is 3.24. The number of amides is 1. The number of hydrogen-bond acceptors (Lipinski definition) is 3. The van der Waals surface area contributed by atoms with E-state index in [1.54, 1.807) is 12.1 Å². The highest BCUT2D eigenvalue weighted by molar-refractivity contribution is 9.10. The van der Waals surface area contributed by atoms with Crippen molar-refractivity contribution in [2.45, 2.75) is 18.9 Å². The Morgan fingerprint density at radius 3 is 2.95 bits per heavy atom. The number of carbonyl (C=O) groups excluding carboxylic acids is 2. The SMILES string of the molecule is O=C(Nc1ccc(Br)cc1Cl)[C@H]1[C@@H]2C[C@H]3[C@@H]1C(=O)O[C@@H]3C2. The van der Waals surface area contributed by atoms with Crippen LogP contribution in [0.3, 0.4) is 0 Å².